The van der Waals surface area contributed by atoms with Gasteiger partial charge in [0, 0.05) is 5.25 Å². The van der Waals surface area contributed by atoms with Crippen molar-refractivity contribution in [1.82, 2.24) is 0 Å². The maximum atomic E-state index is 6.73. The van der Waals surface area contributed by atoms with E-state index in [1.54, 1.807) is 0 Å². The zero-order valence-corrected chi connectivity index (χ0v) is 5.01. The molecule has 0 rings (SSSR count). The molecule has 0 amide bonds. The number of thioether (sulfide) groups is 1. The molecular weight excluding hydrogens is 92.1 g/mol. The Morgan fingerprint density at radius 1 is 1.83 bits per heavy atom. The van der Waals surface area contributed by atoms with E-state index >= 15 is 0 Å². The van der Waals surface area contributed by atoms with Gasteiger partial charge < -0.3 is 0 Å². The zero-order chi connectivity index (χ0) is 4.99. The molecule has 0 aliphatic rings. The molecule has 0 heterocycles. The van der Waals surface area contributed by atoms with E-state index in [4.69, 9.17) is 6.26 Å². The van der Waals surface area contributed by atoms with Crippen LogP contribution in [0.15, 0.2) is 0 Å². The first-order chi connectivity index (χ1) is 2.81. The van der Waals surface area contributed by atoms with Gasteiger partial charge in [-0.2, -0.15) is 0 Å². The summed E-state index contributed by atoms with van der Waals surface area (Å²) in [5.41, 5.74) is 0. The fourth-order valence-corrected chi connectivity index (χ4v) is 0.250. The van der Waals surface area contributed by atoms with Crippen molar-refractivity contribution in [2.75, 3.05) is 0 Å². The van der Waals surface area contributed by atoms with Gasteiger partial charge in [0.15, 0.2) is 0 Å². The fraction of sp³-hybridized carbons (Fsp3) is 0.800. The highest BCUT2D eigenvalue weighted by Gasteiger charge is 1.89. The smallest absolute Gasteiger partial charge is 0.0689 e. The van der Waals surface area contributed by atoms with E-state index in [0.717, 1.165) is 6.42 Å². The van der Waals surface area contributed by atoms with E-state index < -0.39 is 0 Å². The van der Waals surface area contributed by atoms with Crippen LogP contribution in [-0.4, -0.2) is 5.25 Å². The van der Waals surface area contributed by atoms with E-state index in [0.29, 0.717) is 5.25 Å². The summed E-state index contributed by atoms with van der Waals surface area (Å²) in [5.74, 6) is 0. The third-order valence-corrected chi connectivity index (χ3v) is 1.51. The second-order valence-corrected chi connectivity index (χ2v) is 2.38. The van der Waals surface area contributed by atoms with Crippen LogP contribution in [0.3, 0.4) is 0 Å². The number of hydrogen-bond donors (Lipinski definition) is 0. The molecule has 0 bridgehead atoms. The molecule has 0 aromatic carbocycles. The van der Waals surface area contributed by atoms with Crippen LogP contribution in [-0.2, 0) is 0 Å². The van der Waals surface area contributed by atoms with E-state index in [1.165, 1.54) is 11.8 Å². The summed E-state index contributed by atoms with van der Waals surface area (Å²) in [7, 11) is 0. The minimum absolute atomic E-state index is 0.519. The Labute approximate surface area is 44.3 Å². The molecule has 1 unspecified atom stereocenters. The normalized spacial score (nSPS) is 14.5. The van der Waals surface area contributed by atoms with Crippen molar-refractivity contribution in [3.63, 3.8) is 0 Å². The van der Waals surface area contributed by atoms with Gasteiger partial charge in [0.1, 0.15) is 0 Å². The summed E-state index contributed by atoms with van der Waals surface area (Å²) in [6.07, 6.45) is 7.83. The van der Waals surface area contributed by atoms with Gasteiger partial charge in [0.05, 0.1) is 6.26 Å². The molecule has 0 spiro atoms. The number of rotatable bonds is 2. The second kappa shape index (κ2) is 3.54. The van der Waals surface area contributed by atoms with Crippen molar-refractivity contribution in [3.05, 3.63) is 6.26 Å². The molecule has 0 aliphatic carbocycles. The highest BCUT2D eigenvalue weighted by molar-refractivity contribution is 8.01. The molecular formula is C5H9S. The van der Waals surface area contributed by atoms with Crippen molar-refractivity contribution in [2.45, 2.75) is 25.5 Å². The van der Waals surface area contributed by atoms with Crippen LogP contribution in [0.5, 0.6) is 0 Å². The lowest BCUT2D eigenvalue weighted by Gasteiger charge is -1.97. The summed E-state index contributed by atoms with van der Waals surface area (Å²) in [4.78, 5) is 0. The lowest BCUT2D eigenvalue weighted by molar-refractivity contribution is 0.910. The SMILES string of the molecule is [C]SC(C)CC. The Kier molecular flexibility index (Phi) is 3.74. The molecule has 0 fully saturated rings. The zero-order valence-electron chi connectivity index (χ0n) is 4.19. The van der Waals surface area contributed by atoms with Crippen LogP contribution >= 0.6 is 11.8 Å². The standard InChI is InChI=1S/C5H9S/c1-4-5(2)6-3/h5H,4H2,1-2H3. The first-order valence-corrected chi connectivity index (χ1v) is 3.01. The summed E-state index contributed by atoms with van der Waals surface area (Å²) in [6.45, 7) is 4.14. The summed E-state index contributed by atoms with van der Waals surface area (Å²) < 4.78 is 0. The molecule has 35 valence electrons. The van der Waals surface area contributed by atoms with E-state index in [1.807, 2.05) is 0 Å². The molecule has 0 saturated heterocycles. The predicted molar refractivity (Wildman–Crippen MR) is 30.6 cm³/mol. The molecule has 3 radical (unpaired) electrons. The molecule has 0 aromatic heterocycles. The molecule has 0 aromatic rings. The Bertz CT molecular complexity index is 23.1. The fourth-order valence-electron chi connectivity index (χ4n) is 0.0833. The third-order valence-electron chi connectivity index (χ3n) is 0.776. The van der Waals surface area contributed by atoms with E-state index in [2.05, 4.69) is 13.8 Å². The number of hydrogen-bond acceptors (Lipinski definition) is 1. The maximum absolute atomic E-state index is 6.73. The quantitative estimate of drug-likeness (QED) is 0.513. The Morgan fingerprint density at radius 3 is 2.33 bits per heavy atom. The summed E-state index contributed by atoms with van der Waals surface area (Å²) in [6, 6.07) is 0. The topological polar surface area (TPSA) is 0 Å². The predicted octanol–water partition coefficient (Wildman–Crippen LogP) is 2.06. The van der Waals surface area contributed by atoms with Gasteiger partial charge in [0.25, 0.3) is 0 Å². The van der Waals surface area contributed by atoms with Gasteiger partial charge in [-0.05, 0) is 6.42 Å². The van der Waals surface area contributed by atoms with Gasteiger partial charge in [-0.25, -0.2) is 0 Å². The lowest BCUT2D eigenvalue weighted by Crippen LogP contribution is -1.86. The first-order valence-electron chi connectivity index (χ1n) is 2.13. The van der Waals surface area contributed by atoms with Gasteiger partial charge in [-0.1, -0.05) is 13.8 Å². The third kappa shape index (κ3) is 2.58. The molecule has 0 nitrogen and oxygen atoms in total. The molecule has 1 atom stereocenters. The van der Waals surface area contributed by atoms with Crippen LogP contribution in [0.25, 0.3) is 0 Å². The average molecular weight is 101 g/mol. The lowest BCUT2D eigenvalue weighted by atomic mass is 10.4. The van der Waals surface area contributed by atoms with E-state index in [-0.39, 0.29) is 0 Å². The summed E-state index contributed by atoms with van der Waals surface area (Å²) in [5, 5.41) is 0.519. The Morgan fingerprint density at radius 2 is 2.33 bits per heavy atom. The van der Waals surface area contributed by atoms with Gasteiger partial charge in [0.2, 0.25) is 0 Å². The molecule has 1 heteroatoms. The van der Waals surface area contributed by atoms with Crippen LogP contribution in [0.1, 0.15) is 20.3 Å². The van der Waals surface area contributed by atoms with Crippen LogP contribution in [0.2, 0.25) is 0 Å². The van der Waals surface area contributed by atoms with Crippen molar-refractivity contribution < 1.29 is 0 Å². The average Bonchev–Trinajstić information content (AvgIpc) is 1.65. The van der Waals surface area contributed by atoms with Crippen molar-refractivity contribution in [3.8, 4) is 0 Å². The minimum Gasteiger partial charge on any atom is -0.147 e. The Balaban J connectivity index is 2.75. The van der Waals surface area contributed by atoms with Gasteiger partial charge >= 0.3 is 0 Å². The maximum Gasteiger partial charge on any atom is 0.0689 e. The summed E-state index contributed by atoms with van der Waals surface area (Å²) >= 11 is 1.17. The highest BCUT2D eigenvalue weighted by atomic mass is 32.2. The molecule has 0 N–H and O–H groups in total. The molecule has 6 heavy (non-hydrogen) atoms. The van der Waals surface area contributed by atoms with E-state index in [9.17, 15) is 0 Å². The first kappa shape index (κ1) is 6.35. The van der Waals surface area contributed by atoms with Crippen LogP contribution in [0, 0.1) is 6.26 Å². The minimum atomic E-state index is 0.519. The van der Waals surface area contributed by atoms with Crippen LogP contribution in [0.4, 0.5) is 0 Å². The largest absolute Gasteiger partial charge is 0.147 e. The second-order valence-electron chi connectivity index (χ2n) is 1.34. The van der Waals surface area contributed by atoms with Crippen molar-refractivity contribution >= 4 is 11.8 Å². The molecule has 0 aliphatic heterocycles. The van der Waals surface area contributed by atoms with Gasteiger partial charge in [-0.15, -0.1) is 11.8 Å². The Hall–Kier alpha value is 0.350. The monoisotopic (exact) mass is 101 g/mol. The van der Waals surface area contributed by atoms with Gasteiger partial charge in [-0.3, -0.25) is 0 Å². The molecule has 0 saturated carbocycles. The van der Waals surface area contributed by atoms with Crippen molar-refractivity contribution in [2.24, 2.45) is 0 Å². The van der Waals surface area contributed by atoms with Crippen molar-refractivity contribution in [1.29, 1.82) is 0 Å². The highest BCUT2D eigenvalue weighted by Crippen LogP contribution is 2.09. The van der Waals surface area contributed by atoms with Crippen LogP contribution < -0.4 is 0 Å².